The van der Waals surface area contributed by atoms with Crippen LogP contribution in [0.4, 0.5) is 11.6 Å². The number of amides is 1. The summed E-state index contributed by atoms with van der Waals surface area (Å²) in [6.45, 7) is 1.71. The quantitative estimate of drug-likeness (QED) is 0.924. The zero-order valence-electron chi connectivity index (χ0n) is 13.7. The molecule has 6 nitrogen and oxygen atoms in total. The van der Waals surface area contributed by atoms with E-state index in [-0.39, 0.29) is 5.91 Å². The molecule has 1 N–H and O–H groups in total. The lowest BCUT2D eigenvalue weighted by molar-refractivity contribution is -0.134. The van der Waals surface area contributed by atoms with Crippen LogP contribution in [0.25, 0.3) is 0 Å². The van der Waals surface area contributed by atoms with Crippen LogP contribution in [0.5, 0.6) is 0 Å². The zero-order valence-corrected chi connectivity index (χ0v) is 14.6. The van der Waals surface area contributed by atoms with Gasteiger partial charge in [0.2, 0.25) is 5.91 Å². The smallest absolute Gasteiger partial charge is 0.242 e. The summed E-state index contributed by atoms with van der Waals surface area (Å²) in [4.78, 5) is 26.7. The van der Waals surface area contributed by atoms with Gasteiger partial charge in [-0.1, -0.05) is 6.07 Å². The van der Waals surface area contributed by atoms with Crippen LogP contribution in [0.3, 0.4) is 0 Å². The van der Waals surface area contributed by atoms with Crippen molar-refractivity contribution in [3.8, 4) is 0 Å². The highest BCUT2D eigenvalue weighted by atomic mass is 32.1. The molecule has 2 aromatic rings. The molecule has 1 aliphatic carbocycles. The van der Waals surface area contributed by atoms with Crippen LogP contribution < -0.4 is 10.2 Å². The molecule has 1 aliphatic heterocycles. The molecule has 2 aromatic heterocycles. The Morgan fingerprint density at radius 1 is 1.33 bits per heavy atom. The van der Waals surface area contributed by atoms with Crippen molar-refractivity contribution >= 4 is 28.9 Å². The molecule has 126 valence electrons. The normalized spacial score (nSPS) is 18.1. The molecular formula is C17H21N5OS. The maximum absolute atomic E-state index is 12.6. The molecule has 0 spiro atoms. The standard InChI is InChI=1S/C17H21N5OS/c1-21-10-15(23)22(12-4-2-5-12)9-14-16(19-11-20-17(14)21)18-8-13-6-3-7-24-13/h3,6-7,11-12H,2,4-5,8-10H2,1H3,(H,18,19,20). The van der Waals surface area contributed by atoms with Crippen LogP contribution in [-0.2, 0) is 17.9 Å². The summed E-state index contributed by atoms with van der Waals surface area (Å²) in [6, 6.07) is 4.53. The number of carbonyl (C=O) groups is 1. The molecule has 7 heteroatoms. The number of carbonyl (C=O) groups excluding carboxylic acids is 1. The first kappa shape index (κ1) is 15.4. The summed E-state index contributed by atoms with van der Waals surface area (Å²) in [5.41, 5.74) is 1.02. The first-order valence-electron chi connectivity index (χ1n) is 8.33. The maximum atomic E-state index is 12.6. The third-order valence-electron chi connectivity index (χ3n) is 4.83. The Morgan fingerprint density at radius 3 is 2.92 bits per heavy atom. The molecule has 24 heavy (non-hydrogen) atoms. The van der Waals surface area contributed by atoms with Crippen molar-refractivity contribution in [3.05, 3.63) is 34.3 Å². The van der Waals surface area contributed by atoms with Gasteiger partial charge in [0.1, 0.15) is 18.0 Å². The molecule has 4 rings (SSSR count). The van der Waals surface area contributed by atoms with Crippen molar-refractivity contribution in [3.63, 3.8) is 0 Å². The second-order valence-corrected chi connectivity index (χ2v) is 7.45. The number of nitrogens with zero attached hydrogens (tertiary/aromatic N) is 4. The average molecular weight is 343 g/mol. The van der Waals surface area contributed by atoms with Crippen molar-refractivity contribution < 1.29 is 4.79 Å². The summed E-state index contributed by atoms with van der Waals surface area (Å²) in [7, 11) is 1.93. The van der Waals surface area contributed by atoms with Gasteiger partial charge in [-0.05, 0) is 30.7 Å². The number of likely N-dealkylation sites (N-methyl/N-ethyl adjacent to an activating group) is 1. The van der Waals surface area contributed by atoms with Crippen molar-refractivity contribution in [2.45, 2.75) is 38.4 Å². The highest BCUT2D eigenvalue weighted by Gasteiger charge is 2.34. The monoisotopic (exact) mass is 343 g/mol. The van der Waals surface area contributed by atoms with Gasteiger partial charge in [-0.15, -0.1) is 11.3 Å². The average Bonchev–Trinajstić information content (AvgIpc) is 3.00. The molecule has 1 amide bonds. The van der Waals surface area contributed by atoms with E-state index in [1.807, 2.05) is 22.9 Å². The highest BCUT2D eigenvalue weighted by molar-refractivity contribution is 7.09. The summed E-state index contributed by atoms with van der Waals surface area (Å²) >= 11 is 1.72. The van der Waals surface area contributed by atoms with E-state index in [0.29, 0.717) is 19.1 Å². The van der Waals surface area contributed by atoms with Gasteiger partial charge in [-0.25, -0.2) is 9.97 Å². The molecule has 0 aromatic carbocycles. The van der Waals surface area contributed by atoms with Crippen LogP contribution >= 0.6 is 11.3 Å². The first-order chi connectivity index (χ1) is 11.7. The molecule has 1 fully saturated rings. The van der Waals surface area contributed by atoms with Gasteiger partial charge in [0.25, 0.3) is 0 Å². The van der Waals surface area contributed by atoms with E-state index in [9.17, 15) is 4.79 Å². The summed E-state index contributed by atoms with van der Waals surface area (Å²) in [5, 5.41) is 5.50. The third kappa shape index (κ3) is 2.84. The fraction of sp³-hybridized carbons (Fsp3) is 0.471. The number of anilines is 2. The van der Waals surface area contributed by atoms with Gasteiger partial charge in [-0.2, -0.15) is 0 Å². The highest BCUT2D eigenvalue weighted by Crippen LogP contribution is 2.33. The first-order valence-corrected chi connectivity index (χ1v) is 9.21. The number of rotatable bonds is 4. The summed E-state index contributed by atoms with van der Waals surface area (Å²) < 4.78 is 0. The Labute approximate surface area is 145 Å². The summed E-state index contributed by atoms with van der Waals surface area (Å²) in [5.74, 6) is 1.87. The van der Waals surface area contributed by atoms with E-state index in [0.717, 1.165) is 36.6 Å². The molecule has 0 atom stereocenters. The fourth-order valence-electron chi connectivity index (χ4n) is 3.27. The van der Waals surface area contributed by atoms with Crippen LogP contribution in [-0.4, -0.2) is 40.4 Å². The van der Waals surface area contributed by atoms with Gasteiger partial charge >= 0.3 is 0 Å². The molecule has 2 aliphatic rings. The Morgan fingerprint density at radius 2 is 2.21 bits per heavy atom. The third-order valence-corrected chi connectivity index (χ3v) is 5.71. The van der Waals surface area contributed by atoms with E-state index in [2.05, 4.69) is 26.7 Å². The molecule has 0 unspecified atom stereocenters. The minimum absolute atomic E-state index is 0.185. The molecule has 1 saturated carbocycles. The largest absolute Gasteiger partial charge is 0.365 e. The minimum atomic E-state index is 0.185. The van der Waals surface area contributed by atoms with Gasteiger partial charge < -0.3 is 15.1 Å². The molecule has 0 saturated heterocycles. The van der Waals surface area contributed by atoms with Crippen LogP contribution in [0.2, 0.25) is 0 Å². The number of thiophene rings is 1. The van der Waals surface area contributed by atoms with E-state index < -0.39 is 0 Å². The minimum Gasteiger partial charge on any atom is -0.365 e. The van der Waals surface area contributed by atoms with E-state index in [4.69, 9.17) is 0 Å². The lowest BCUT2D eigenvalue weighted by Crippen LogP contribution is -2.45. The molecule has 0 bridgehead atoms. The van der Waals surface area contributed by atoms with Gasteiger partial charge in [0.15, 0.2) is 0 Å². The maximum Gasteiger partial charge on any atom is 0.242 e. The molecule has 3 heterocycles. The Bertz CT molecular complexity index is 729. The van der Waals surface area contributed by atoms with Crippen molar-refractivity contribution in [2.24, 2.45) is 0 Å². The van der Waals surface area contributed by atoms with E-state index in [1.54, 1.807) is 17.7 Å². The van der Waals surface area contributed by atoms with E-state index in [1.165, 1.54) is 11.3 Å². The predicted molar refractivity (Wildman–Crippen MR) is 95.1 cm³/mol. The molecule has 0 radical (unpaired) electrons. The lowest BCUT2D eigenvalue weighted by atomic mass is 9.91. The zero-order chi connectivity index (χ0) is 16.5. The second kappa shape index (κ2) is 6.39. The number of hydrogen-bond acceptors (Lipinski definition) is 6. The van der Waals surface area contributed by atoms with Crippen LogP contribution in [0.1, 0.15) is 29.7 Å². The Kier molecular flexibility index (Phi) is 4.10. The van der Waals surface area contributed by atoms with Crippen LogP contribution in [0, 0.1) is 0 Å². The number of fused-ring (bicyclic) bond motifs is 1. The predicted octanol–water partition coefficient (Wildman–Crippen LogP) is 2.48. The van der Waals surface area contributed by atoms with Crippen molar-refractivity contribution in [1.29, 1.82) is 0 Å². The Hall–Kier alpha value is -2.15. The number of nitrogens with one attached hydrogen (secondary N) is 1. The second-order valence-electron chi connectivity index (χ2n) is 6.42. The van der Waals surface area contributed by atoms with Gasteiger partial charge in [-0.3, -0.25) is 4.79 Å². The fourth-order valence-corrected chi connectivity index (χ4v) is 3.92. The van der Waals surface area contributed by atoms with Crippen LogP contribution in [0.15, 0.2) is 23.8 Å². The van der Waals surface area contributed by atoms with Crippen molar-refractivity contribution in [2.75, 3.05) is 23.8 Å². The Balaban J connectivity index is 1.63. The van der Waals surface area contributed by atoms with Crippen molar-refractivity contribution in [1.82, 2.24) is 14.9 Å². The van der Waals surface area contributed by atoms with Gasteiger partial charge in [0, 0.05) is 18.0 Å². The van der Waals surface area contributed by atoms with Gasteiger partial charge in [0.05, 0.1) is 25.2 Å². The number of hydrogen-bond donors (Lipinski definition) is 1. The SMILES string of the molecule is CN1CC(=O)N(C2CCC2)Cc2c(NCc3cccs3)ncnc21. The number of aromatic nitrogens is 2. The summed E-state index contributed by atoms with van der Waals surface area (Å²) in [6.07, 6.45) is 5.01. The lowest BCUT2D eigenvalue weighted by Gasteiger charge is -2.37. The molecular weight excluding hydrogens is 322 g/mol. The van der Waals surface area contributed by atoms with E-state index >= 15 is 0 Å². The topological polar surface area (TPSA) is 61.4 Å².